The molecule has 11 heteroatoms. The number of hydrogen-bond donors (Lipinski definition) is 3. The molecule has 2 aliphatic carbocycles. The van der Waals surface area contributed by atoms with E-state index in [1.54, 1.807) is 32.9 Å². The van der Waals surface area contributed by atoms with Crippen molar-refractivity contribution in [2.75, 3.05) is 13.6 Å². The zero-order chi connectivity index (χ0) is 26.9. The quantitative estimate of drug-likeness (QED) is 0.386. The molecule has 2 bridgehead atoms. The first kappa shape index (κ1) is 25.5. The second-order valence-corrected chi connectivity index (χ2v) is 11.2. The summed E-state index contributed by atoms with van der Waals surface area (Å²) < 4.78 is 22.7. The van der Waals surface area contributed by atoms with Crippen LogP contribution in [0.25, 0.3) is 0 Å². The highest BCUT2D eigenvalue weighted by atomic mass is 16.7. The number of rotatable bonds is 5. The number of carboxylic acid groups (broad SMARTS) is 1. The van der Waals surface area contributed by atoms with E-state index in [1.807, 2.05) is 13.1 Å². The average molecular weight is 518 g/mol. The van der Waals surface area contributed by atoms with Gasteiger partial charge in [0, 0.05) is 18.0 Å². The summed E-state index contributed by atoms with van der Waals surface area (Å²) in [5.41, 5.74) is -1.37. The standard InChI is InChI=1S/C26H31NO10/c1-24(2,3)37-23(32)35-15-6-5-13-11-17-26(33)8-7-16(34-18(29)12-14(28)22(30)31)21-25(26,9-10-27(17)4)19(13)20(15)36-21/h5-7,14,17,21,28,33H,8-12H2,1-4H3,(H,30,31)/t14-,17+,21-,25-,26+/m0/s1. The molecule has 1 spiro atoms. The van der Waals surface area contributed by atoms with Gasteiger partial charge in [-0.25, -0.2) is 9.59 Å². The van der Waals surface area contributed by atoms with Crippen molar-refractivity contribution in [2.45, 2.75) is 81.3 Å². The summed E-state index contributed by atoms with van der Waals surface area (Å²) in [6.45, 7) is 5.79. The number of aliphatic carboxylic acids is 1. The van der Waals surface area contributed by atoms with Gasteiger partial charge in [-0.2, -0.15) is 0 Å². The van der Waals surface area contributed by atoms with Crippen molar-refractivity contribution < 1.29 is 48.7 Å². The maximum Gasteiger partial charge on any atom is 0.514 e. The second kappa shape index (κ2) is 8.44. The first-order valence-electron chi connectivity index (χ1n) is 12.2. The molecule has 1 aromatic carbocycles. The van der Waals surface area contributed by atoms with Crippen LogP contribution in [0, 0.1) is 0 Å². The maximum atomic E-state index is 12.5. The molecule has 2 aliphatic heterocycles. The van der Waals surface area contributed by atoms with E-state index in [4.69, 9.17) is 24.1 Å². The van der Waals surface area contributed by atoms with Crippen LogP contribution in [0.2, 0.25) is 0 Å². The smallest absolute Gasteiger partial charge is 0.479 e. The summed E-state index contributed by atoms with van der Waals surface area (Å²) in [6, 6.07) is 3.25. The van der Waals surface area contributed by atoms with Gasteiger partial charge in [0.15, 0.2) is 23.7 Å². The lowest BCUT2D eigenvalue weighted by Gasteiger charge is -2.61. The third kappa shape index (κ3) is 3.87. The Hall–Kier alpha value is -3.15. The van der Waals surface area contributed by atoms with Gasteiger partial charge in [0.2, 0.25) is 0 Å². The molecule has 1 fully saturated rings. The summed E-state index contributed by atoms with van der Waals surface area (Å²) >= 11 is 0. The SMILES string of the molecule is CN1CC[C@]23c4c5ccc(OC(=O)OC(C)(C)C)c4O[C@H]2C(OC(=O)C[C@H](O)C(=O)O)=CC[C@@]3(O)[C@H]1C5. The molecule has 0 saturated carbocycles. The van der Waals surface area contributed by atoms with Gasteiger partial charge in [-0.05, 0) is 64.9 Å². The van der Waals surface area contributed by atoms with Crippen LogP contribution in [0.3, 0.4) is 0 Å². The van der Waals surface area contributed by atoms with Crippen LogP contribution >= 0.6 is 0 Å². The third-order valence-electron chi connectivity index (χ3n) is 7.80. The Morgan fingerprint density at radius 3 is 2.65 bits per heavy atom. The molecule has 0 unspecified atom stereocenters. The number of piperidine rings is 1. The fourth-order valence-electron chi connectivity index (χ4n) is 6.29. The van der Waals surface area contributed by atoms with Crippen LogP contribution in [-0.2, 0) is 30.9 Å². The fraction of sp³-hybridized carbons (Fsp3) is 0.577. The molecule has 0 amide bonds. The number of hydrogen-bond acceptors (Lipinski definition) is 10. The lowest BCUT2D eigenvalue weighted by Crippen LogP contribution is -2.74. The monoisotopic (exact) mass is 517 g/mol. The van der Waals surface area contributed by atoms with Gasteiger partial charge < -0.3 is 39.2 Å². The Kier molecular flexibility index (Phi) is 5.81. The predicted octanol–water partition coefficient (Wildman–Crippen LogP) is 1.66. The van der Waals surface area contributed by atoms with Gasteiger partial charge >= 0.3 is 18.1 Å². The first-order chi connectivity index (χ1) is 17.3. The Morgan fingerprint density at radius 1 is 1.24 bits per heavy atom. The molecule has 5 rings (SSSR count). The second-order valence-electron chi connectivity index (χ2n) is 11.2. The molecule has 2 heterocycles. The van der Waals surface area contributed by atoms with Crippen molar-refractivity contribution in [3.8, 4) is 11.5 Å². The molecule has 37 heavy (non-hydrogen) atoms. The number of benzene rings is 1. The Balaban J connectivity index is 1.56. The van der Waals surface area contributed by atoms with E-state index >= 15 is 0 Å². The summed E-state index contributed by atoms with van der Waals surface area (Å²) in [5.74, 6) is -1.94. The van der Waals surface area contributed by atoms with Crippen LogP contribution in [0.5, 0.6) is 11.5 Å². The van der Waals surface area contributed by atoms with E-state index < -0.39 is 53.3 Å². The molecule has 5 atom stereocenters. The van der Waals surface area contributed by atoms with Crippen LogP contribution in [0.15, 0.2) is 24.0 Å². The van der Waals surface area contributed by atoms with E-state index in [9.17, 15) is 24.6 Å². The largest absolute Gasteiger partial charge is 0.514 e. The van der Waals surface area contributed by atoms with E-state index in [-0.39, 0.29) is 29.7 Å². The minimum atomic E-state index is -1.91. The van der Waals surface area contributed by atoms with Gasteiger partial charge in [-0.15, -0.1) is 0 Å². The van der Waals surface area contributed by atoms with E-state index in [0.29, 0.717) is 19.4 Å². The molecule has 1 aromatic rings. The Labute approximate surface area is 213 Å². The number of carbonyl (C=O) groups excluding carboxylic acids is 2. The lowest BCUT2D eigenvalue weighted by atomic mass is 9.50. The number of likely N-dealkylation sites (tertiary alicyclic amines) is 1. The number of ether oxygens (including phenoxy) is 4. The highest BCUT2D eigenvalue weighted by Gasteiger charge is 2.72. The van der Waals surface area contributed by atoms with Crippen molar-refractivity contribution in [1.29, 1.82) is 0 Å². The van der Waals surface area contributed by atoms with Gasteiger partial charge in [0.25, 0.3) is 0 Å². The number of carbonyl (C=O) groups is 3. The molecule has 3 N–H and O–H groups in total. The molecule has 0 aromatic heterocycles. The minimum Gasteiger partial charge on any atom is -0.479 e. The molecule has 1 saturated heterocycles. The molecule has 200 valence electrons. The van der Waals surface area contributed by atoms with Crippen molar-refractivity contribution in [3.05, 3.63) is 35.1 Å². The Bertz CT molecular complexity index is 1200. The van der Waals surface area contributed by atoms with Crippen LogP contribution in [-0.4, -0.2) is 81.4 Å². The molecule has 11 nitrogen and oxygen atoms in total. The van der Waals surface area contributed by atoms with Gasteiger partial charge in [0.1, 0.15) is 11.4 Å². The highest BCUT2D eigenvalue weighted by Crippen LogP contribution is 2.65. The third-order valence-corrected chi connectivity index (χ3v) is 7.80. The summed E-state index contributed by atoms with van der Waals surface area (Å²) in [6.07, 6.45) is -1.70. The summed E-state index contributed by atoms with van der Waals surface area (Å²) in [5, 5.41) is 30.8. The summed E-state index contributed by atoms with van der Waals surface area (Å²) in [7, 11) is 1.96. The fourth-order valence-corrected chi connectivity index (χ4v) is 6.29. The normalized spacial score (nSPS) is 30.4. The topological polar surface area (TPSA) is 152 Å². The number of carboxylic acids is 1. The van der Waals surface area contributed by atoms with Crippen LogP contribution in [0.4, 0.5) is 4.79 Å². The lowest BCUT2D eigenvalue weighted by molar-refractivity contribution is -0.170. The number of aliphatic hydroxyl groups excluding tert-OH is 1. The maximum absolute atomic E-state index is 12.5. The van der Waals surface area contributed by atoms with Crippen LogP contribution < -0.4 is 9.47 Å². The van der Waals surface area contributed by atoms with Crippen molar-refractivity contribution >= 4 is 18.1 Å². The summed E-state index contributed by atoms with van der Waals surface area (Å²) in [4.78, 5) is 38.1. The van der Waals surface area contributed by atoms with Crippen molar-refractivity contribution in [1.82, 2.24) is 4.90 Å². The number of likely N-dealkylation sites (N-methyl/N-ethyl adjacent to an activating group) is 1. The van der Waals surface area contributed by atoms with E-state index in [0.717, 1.165) is 11.1 Å². The Morgan fingerprint density at radius 2 is 1.97 bits per heavy atom. The van der Waals surface area contributed by atoms with E-state index in [2.05, 4.69) is 4.90 Å². The number of nitrogens with zero attached hydrogens (tertiary/aromatic N) is 1. The van der Waals surface area contributed by atoms with E-state index in [1.165, 1.54) is 0 Å². The minimum absolute atomic E-state index is 0.128. The average Bonchev–Trinajstić information content (AvgIpc) is 3.14. The van der Waals surface area contributed by atoms with Crippen LogP contribution in [0.1, 0.15) is 51.2 Å². The molecular formula is C26H31NO10. The molecular weight excluding hydrogens is 486 g/mol. The van der Waals surface area contributed by atoms with Crippen molar-refractivity contribution in [2.24, 2.45) is 0 Å². The first-order valence-corrected chi connectivity index (χ1v) is 12.2. The van der Waals surface area contributed by atoms with Gasteiger partial charge in [-0.3, -0.25) is 4.79 Å². The molecule has 4 aliphatic rings. The number of aliphatic hydroxyl groups is 2. The number of esters is 1. The van der Waals surface area contributed by atoms with Crippen molar-refractivity contribution in [3.63, 3.8) is 0 Å². The van der Waals surface area contributed by atoms with Gasteiger partial charge in [0.05, 0.1) is 17.4 Å². The van der Waals surface area contributed by atoms with Gasteiger partial charge in [-0.1, -0.05) is 6.07 Å². The zero-order valence-electron chi connectivity index (χ0n) is 21.1. The zero-order valence-corrected chi connectivity index (χ0v) is 21.1. The molecule has 0 radical (unpaired) electrons. The highest BCUT2D eigenvalue weighted by molar-refractivity contribution is 5.81. The predicted molar refractivity (Wildman–Crippen MR) is 126 cm³/mol.